The van der Waals surface area contributed by atoms with Crippen LogP contribution in [-0.2, 0) is 24.3 Å². The van der Waals surface area contributed by atoms with Gasteiger partial charge in [-0.1, -0.05) is 13.8 Å². The number of hydrogen-bond donors (Lipinski definition) is 3. The van der Waals surface area contributed by atoms with Gasteiger partial charge in [0.2, 0.25) is 16.3 Å². The van der Waals surface area contributed by atoms with E-state index in [0.29, 0.717) is 24.5 Å². The van der Waals surface area contributed by atoms with E-state index in [9.17, 15) is 28.4 Å². The van der Waals surface area contributed by atoms with E-state index in [1.165, 1.54) is 31.4 Å². The lowest BCUT2D eigenvalue weighted by molar-refractivity contribution is -0.385. The highest BCUT2D eigenvalue weighted by molar-refractivity contribution is 7.89. The Morgan fingerprint density at radius 2 is 1.95 bits per heavy atom. The van der Waals surface area contributed by atoms with Crippen LogP contribution in [0.4, 0.5) is 11.5 Å². The van der Waals surface area contributed by atoms with Crippen molar-refractivity contribution in [2.24, 2.45) is 11.8 Å². The predicted molar refractivity (Wildman–Crippen MR) is 153 cm³/mol. The van der Waals surface area contributed by atoms with Gasteiger partial charge in [-0.3, -0.25) is 14.9 Å². The summed E-state index contributed by atoms with van der Waals surface area (Å²) in [6.07, 6.45) is 2.61. The van der Waals surface area contributed by atoms with E-state index < -0.39 is 27.1 Å². The number of hydrogen-bond acceptors (Lipinski definition) is 11. The van der Waals surface area contributed by atoms with Crippen molar-refractivity contribution < 1.29 is 37.5 Å². The number of amides is 1. The normalized spacial score (nSPS) is 17.0. The first-order valence-corrected chi connectivity index (χ1v) is 14.9. The number of pyridine rings is 1. The van der Waals surface area contributed by atoms with E-state index in [1.54, 1.807) is 18.2 Å². The molecular formula is C27H37N5O9S. The lowest BCUT2D eigenvalue weighted by Gasteiger charge is -2.31. The third-order valence-electron chi connectivity index (χ3n) is 6.53. The summed E-state index contributed by atoms with van der Waals surface area (Å²) in [6.45, 7) is 4.05. The first-order chi connectivity index (χ1) is 20.0. The molecule has 3 rings (SSSR count). The second kappa shape index (κ2) is 15.4. The number of carbonyl (C=O) groups excluding carboxylic acids is 1. The number of nitrogens with zero attached hydrogens (tertiary/aromatic N) is 3. The second-order valence-electron chi connectivity index (χ2n) is 9.74. The predicted octanol–water partition coefficient (Wildman–Crippen LogP) is 2.13. The maximum atomic E-state index is 13.1. The van der Waals surface area contributed by atoms with Crippen molar-refractivity contribution in [2.45, 2.75) is 31.5 Å². The van der Waals surface area contributed by atoms with Crippen LogP contribution < -0.4 is 15.4 Å². The molecule has 230 valence electrons. The summed E-state index contributed by atoms with van der Waals surface area (Å²) in [7, 11) is -2.41. The first kappa shape index (κ1) is 32.7. The van der Waals surface area contributed by atoms with Gasteiger partial charge < -0.3 is 30.0 Å². The Balaban J connectivity index is 1.54. The fourth-order valence-electron chi connectivity index (χ4n) is 4.11. The number of benzene rings is 1. The molecule has 1 aromatic heterocycles. The molecule has 1 amide bonds. The number of nitrogens with one attached hydrogen (secondary N) is 2. The minimum atomic E-state index is -3.90. The molecule has 2 heterocycles. The fourth-order valence-corrected chi connectivity index (χ4v) is 5.52. The Morgan fingerprint density at radius 3 is 2.55 bits per heavy atom. The van der Waals surface area contributed by atoms with Gasteiger partial charge in [-0.15, -0.1) is 0 Å². The topological polar surface area (TPSA) is 182 Å². The molecule has 3 N–H and O–H groups in total. The Hall–Kier alpha value is -3.79. The molecule has 1 aromatic carbocycles. The van der Waals surface area contributed by atoms with Crippen LogP contribution in [0.1, 0.15) is 20.3 Å². The Labute approximate surface area is 244 Å². The highest BCUT2D eigenvalue weighted by Crippen LogP contribution is 2.29. The third-order valence-corrected chi connectivity index (χ3v) is 8.45. The Bertz CT molecular complexity index is 1320. The number of ether oxygens (including phenoxy) is 3. The summed E-state index contributed by atoms with van der Waals surface area (Å²) < 4.78 is 44.2. The fraction of sp³-hybridized carbons (Fsp3) is 0.481. The zero-order valence-electron chi connectivity index (χ0n) is 23.8. The molecule has 42 heavy (non-hydrogen) atoms. The monoisotopic (exact) mass is 607 g/mol. The van der Waals surface area contributed by atoms with Crippen molar-refractivity contribution in [3.63, 3.8) is 0 Å². The van der Waals surface area contributed by atoms with Crippen LogP contribution in [0, 0.1) is 22.0 Å². The molecule has 0 fully saturated rings. The number of anilines is 1. The summed E-state index contributed by atoms with van der Waals surface area (Å²) in [6, 6.07) is 8.77. The minimum Gasteiger partial charge on any atom is -0.497 e. The minimum absolute atomic E-state index is 0.0106. The molecule has 0 aliphatic carbocycles. The quantitative estimate of drug-likeness (QED) is 0.144. The van der Waals surface area contributed by atoms with Crippen molar-refractivity contribution in [1.29, 1.82) is 0 Å². The van der Waals surface area contributed by atoms with Gasteiger partial charge >= 0.3 is 0 Å². The van der Waals surface area contributed by atoms with E-state index in [4.69, 9.17) is 14.2 Å². The number of nitro groups is 1. The van der Waals surface area contributed by atoms with E-state index in [2.05, 4.69) is 15.6 Å². The average molecular weight is 608 g/mol. The molecule has 1 aliphatic heterocycles. The van der Waals surface area contributed by atoms with Gasteiger partial charge in [-0.2, -0.15) is 4.31 Å². The molecule has 15 heteroatoms. The molecule has 14 nitrogen and oxygen atoms in total. The molecule has 0 unspecified atom stereocenters. The first-order valence-electron chi connectivity index (χ1n) is 13.4. The molecule has 2 atom stereocenters. The highest BCUT2D eigenvalue weighted by Gasteiger charge is 2.30. The van der Waals surface area contributed by atoms with Crippen LogP contribution in [0.5, 0.6) is 5.75 Å². The van der Waals surface area contributed by atoms with Gasteiger partial charge in [0.25, 0.3) is 11.6 Å². The van der Waals surface area contributed by atoms with E-state index in [1.807, 2.05) is 13.8 Å². The molecule has 0 radical (unpaired) electrons. The summed E-state index contributed by atoms with van der Waals surface area (Å²) in [5.41, 5.74) is -0.119. The van der Waals surface area contributed by atoms with Crippen LogP contribution in [-0.4, -0.2) is 86.4 Å². The maximum Gasteiger partial charge on any atom is 0.287 e. The van der Waals surface area contributed by atoms with Gasteiger partial charge in [-0.05, 0) is 48.2 Å². The largest absolute Gasteiger partial charge is 0.497 e. The van der Waals surface area contributed by atoms with Crippen LogP contribution in [0.2, 0.25) is 0 Å². The lowest BCUT2D eigenvalue weighted by atomic mass is 9.90. The SMILES string of the molecule is COc1ccc(S(=O)(=O)N(CCO)CCO[C@@H]2C[C@H](C(C)C)C=C(C(=O)NCCNc3ccc([N+](=O)[O-])cn3)O2)cc1. The van der Waals surface area contributed by atoms with Gasteiger partial charge in [0.05, 0.1) is 30.1 Å². The number of allylic oxidation sites excluding steroid dienone is 1. The lowest BCUT2D eigenvalue weighted by Crippen LogP contribution is -2.39. The highest BCUT2D eigenvalue weighted by atomic mass is 32.2. The molecule has 0 spiro atoms. The van der Waals surface area contributed by atoms with E-state index in [0.717, 1.165) is 10.5 Å². The van der Waals surface area contributed by atoms with Crippen LogP contribution in [0.3, 0.4) is 0 Å². The van der Waals surface area contributed by atoms with Gasteiger partial charge in [0, 0.05) is 38.7 Å². The number of methoxy groups -OCH3 is 1. The zero-order chi connectivity index (χ0) is 30.7. The molecule has 0 bridgehead atoms. The Kier molecular flexibility index (Phi) is 12.0. The van der Waals surface area contributed by atoms with Crippen molar-refractivity contribution in [1.82, 2.24) is 14.6 Å². The van der Waals surface area contributed by atoms with Gasteiger partial charge in [0.1, 0.15) is 17.8 Å². The number of rotatable bonds is 16. The molecule has 2 aromatic rings. The summed E-state index contributed by atoms with van der Waals surface area (Å²) in [5.74, 6) is 0.807. The maximum absolute atomic E-state index is 13.1. The second-order valence-corrected chi connectivity index (χ2v) is 11.7. The van der Waals surface area contributed by atoms with Crippen molar-refractivity contribution >= 4 is 27.4 Å². The van der Waals surface area contributed by atoms with E-state index >= 15 is 0 Å². The molecule has 0 saturated carbocycles. The zero-order valence-corrected chi connectivity index (χ0v) is 24.6. The van der Waals surface area contributed by atoms with Crippen LogP contribution in [0.15, 0.2) is 59.3 Å². The van der Waals surface area contributed by atoms with Crippen molar-refractivity contribution in [2.75, 3.05) is 51.8 Å². The molecular weight excluding hydrogens is 570 g/mol. The third kappa shape index (κ3) is 9.11. The molecule has 0 saturated heterocycles. The number of sulfonamides is 1. The van der Waals surface area contributed by atoms with Crippen molar-refractivity contribution in [3.8, 4) is 5.75 Å². The van der Waals surface area contributed by atoms with Crippen LogP contribution >= 0.6 is 0 Å². The Morgan fingerprint density at radius 1 is 1.21 bits per heavy atom. The summed E-state index contributed by atoms with van der Waals surface area (Å²) in [5, 5.41) is 26.0. The average Bonchev–Trinajstić information content (AvgIpc) is 2.98. The number of carbonyl (C=O) groups is 1. The smallest absolute Gasteiger partial charge is 0.287 e. The van der Waals surface area contributed by atoms with Crippen molar-refractivity contribution in [3.05, 3.63) is 64.5 Å². The van der Waals surface area contributed by atoms with Gasteiger partial charge in [0.15, 0.2) is 5.76 Å². The van der Waals surface area contributed by atoms with Gasteiger partial charge in [-0.25, -0.2) is 13.4 Å². The number of aliphatic hydroxyl groups is 1. The van der Waals surface area contributed by atoms with Crippen LogP contribution in [0.25, 0.3) is 0 Å². The standard InChI is InChI=1S/C27H37N5O9S/c1-19(2)20-16-24(27(34)29-11-10-28-25-9-4-21(18-30-25)32(35)36)41-26(17-20)40-15-13-31(12-14-33)42(37,38)23-7-5-22(39-3)6-8-23/h4-9,16,18-20,26,33H,10-15,17H2,1-3H3,(H,28,30)(H,29,34)/t20-,26+/m1/s1. The van der Waals surface area contributed by atoms with E-state index in [-0.39, 0.29) is 61.0 Å². The number of aliphatic hydroxyl groups excluding tert-OH is 1. The number of aromatic nitrogens is 1. The molecule has 1 aliphatic rings. The summed E-state index contributed by atoms with van der Waals surface area (Å²) in [4.78, 5) is 27.1. The summed E-state index contributed by atoms with van der Waals surface area (Å²) >= 11 is 0.